The second-order valence-electron chi connectivity index (χ2n) is 6.46. The van der Waals surface area contributed by atoms with Crippen molar-refractivity contribution in [3.05, 3.63) is 0 Å². The highest BCUT2D eigenvalue weighted by atomic mass is 28.2. The Bertz CT molecular complexity index is 333. The van der Waals surface area contributed by atoms with Crippen LogP contribution in [0.25, 0.3) is 0 Å². The first-order valence-corrected chi connectivity index (χ1v) is 9.92. The first kappa shape index (κ1) is 12.7. The van der Waals surface area contributed by atoms with Gasteiger partial charge in [-0.2, -0.15) is 0 Å². The van der Waals surface area contributed by atoms with E-state index in [-0.39, 0.29) is 20.9 Å². The second-order valence-corrected chi connectivity index (χ2v) is 8.17. The summed E-state index contributed by atoms with van der Waals surface area (Å²) in [6.45, 7) is 3.95. The minimum Gasteiger partial charge on any atom is -0.465 e. The summed E-state index contributed by atoms with van der Waals surface area (Å²) in [5.41, 5.74) is 0.157. The quantitative estimate of drug-likeness (QED) is 0.433. The van der Waals surface area contributed by atoms with Crippen LogP contribution in [0.15, 0.2) is 0 Å². The number of fused-ring (bicyclic) bond motifs is 3. The fourth-order valence-corrected chi connectivity index (χ4v) is 5.10. The zero-order valence-electron chi connectivity index (χ0n) is 11.3. The maximum Gasteiger partial charge on any atom is 0.306 e. The lowest BCUT2D eigenvalue weighted by atomic mass is 9.71. The Hall–Kier alpha value is -0.353. The zero-order valence-corrected chi connectivity index (χ0v) is 12.7. The highest BCUT2D eigenvalue weighted by Gasteiger charge is 2.59. The molecule has 0 aromatic heterocycles. The van der Waals surface area contributed by atoms with Crippen LogP contribution in [-0.2, 0) is 14.3 Å². The van der Waals surface area contributed by atoms with Gasteiger partial charge in [0.15, 0.2) is 0 Å². The number of carbonyl (C=O) groups excluding carboxylic acids is 1. The van der Waals surface area contributed by atoms with E-state index >= 15 is 0 Å². The van der Waals surface area contributed by atoms with Crippen LogP contribution in [0.3, 0.4) is 0 Å². The van der Waals surface area contributed by atoms with Crippen LogP contribution in [0.2, 0.25) is 12.6 Å². The monoisotopic (exact) mass is 268 g/mol. The molecule has 2 aliphatic carbocycles. The fourth-order valence-electron chi connectivity index (χ4n) is 4.39. The van der Waals surface area contributed by atoms with Crippen molar-refractivity contribution in [2.75, 3.05) is 13.2 Å². The molecule has 3 nitrogen and oxygen atoms in total. The Kier molecular flexibility index (Phi) is 3.50. The van der Waals surface area contributed by atoms with E-state index in [9.17, 15) is 4.79 Å². The van der Waals surface area contributed by atoms with Crippen LogP contribution in [0.1, 0.15) is 32.1 Å². The third kappa shape index (κ3) is 2.14. The van der Waals surface area contributed by atoms with Gasteiger partial charge in [-0.3, -0.25) is 4.79 Å². The molecule has 1 saturated heterocycles. The van der Waals surface area contributed by atoms with Crippen molar-refractivity contribution in [1.29, 1.82) is 0 Å². The van der Waals surface area contributed by atoms with Gasteiger partial charge in [0.2, 0.25) is 0 Å². The summed E-state index contributed by atoms with van der Waals surface area (Å²) in [6, 6.07) is 1.40. The van der Waals surface area contributed by atoms with Crippen molar-refractivity contribution in [2.24, 2.45) is 17.3 Å². The van der Waals surface area contributed by atoms with E-state index in [1.165, 1.54) is 31.7 Å². The molecule has 4 unspecified atom stereocenters. The molecule has 1 spiro atoms. The molecular weight excluding hydrogens is 244 g/mol. The van der Waals surface area contributed by atoms with E-state index in [1.54, 1.807) is 0 Å². The van der Waals surface area contributed by atoms with Crippen molar-refractivity contribution < 1.29 is 14.3 Å². The number of hydrogen-bond acceptors (Lipinski definition) is 3. The zero-order chi connectivity index (χ0) is 12.6. The van der Waals surface area contributed by atoms with Gasteiger partial charge >= 0.3 is 5.97 Å². The molecule has 102 valence electrons. The third-order valence-corrected chi connectivity index (χ3v) is 6.39. The molecule has 0 aromatic carbocycles. The Morgan fingerprint density at radius 3 is 3.06 bits per heavy atom. The van der Waals surface area contributed by atoms with E-state index in [1.807, 2.05) is 0 Å². The molecule has 18 heavy (non-hydrogen) atoms. The van der Waals surface area contributed by atoms with Crippen LogP contribution in [-0.4, -0.2) is 34.8 Å². The lowest BCUT2D eigenvalue weighted by Crippen LogP contribution is -2.38. The SMILES string of the molecule is C[SiH2]CCCOC1CC2CC1C1(COC(=O)C1)C2. The van der Waals surface area contributed by atoms with Crippen LogP contribution >= 0.6 is 0 Å². The smallest absolute Gasteiger partial charge is 0.306 e. The van der Waals surface area contributed by atoms with Gasteiger partial charge in [-0.25, -0.2) is 0 Å². The molecule has 0 N–H and O–H groups in total. The Morgan fingerprint density at radius 2 is 2.39 bits per heavy atom. The summed E-state index contributed by atoms with van der Waals surface area (Å²) in [7, 11) is 0.190. The second kappa shape index (κ2) is 4.97. The summed E-state index contributed by atoms with van der Waals surface area (Å²) in [5.74, 6) is 1.39. The maximum absolute atomic E-state index is 11.4. The highest BCUT2D eigenvalue weighted by molar-refractivity contribution is 6.33. The lowest BCUT2D eigenvalue weighted by molar-refractivity contribution is -0.137. The fraction of sp³-hybridized carbons (Fsp3) is 0.929. The van der Waals surface area contributed by atoms with Gasteiger partial charge in [-0.1, -0.05) is 12.6 Å². The number of rotatable bonds is 5. The van der Waals surface area contributed by atoms with E-state index in [2.05, 4.69) is 6.55 Å². The van der Waals surface area contributed by atoms with Gasteiger partial charge < -0.3 is 9.47 Å². The summed E-state index contributed by atoms with van der Waals surface area (Å²) in [6.07, 6.45) is 5.99. The molecule has 4 heteroatoms. The van der Waals surface area contributed by atoms with Gasteiger partial charge in [0.1, 0.15) is 0 Å². The molecule has 0 amide bonds. The molecule has 1 aliphatic heterocycles. The molecule has 0 radical (unpaired) electrons. The van der Waals surface area contributed by atoms with Crippen molar-refractivity contribution in [2.45, 2.75) is 50.8 Å². The van der Waals surface area contributed by atoms with Gasteiger partial charge in [0, 0.05) is 21.5 Å². The normalized spacial score (nSPS) is 42.5. The van der Waals surface area contributed by atoms with Crippen LogP contribution < -0.4 is 0 Å². The van der Waals surface area contributed by atoms with Crippen molar-refractivity contribution >= 4 is 15.5 Å². The van der Waals surface area contributed by atoms with Crippen LogP contribution in [0, 0.1) is 17.3 Å². The predicted molar refractivity (Wildman–Crippen MR) is 72.4 cm³/mol. The Labute approximate surface area is 111 Å². The Morgan fingerprint density at radius 1 is 1.50 bits per heavy atom. The molecular formula is C14H24O3Si. The maximum atomic E-state index is 11.4. The third-order valence-electron chi connectivity index (χ3n) is 5.18. The molecule has 1 heterocycles. The van der Waals surface area contributed by atoms with E-state index in [4.69, 9.17) is 9.47 Å². The molecule has 2 bridgehead atoms. The number of esters is 1. The summed E-state index contributed by atoms with van der Waals surface area (Å²) in [5, 5.41) is 0. The topological polar surface area (TPSA) is 35.5 Å². The van der Waals surface area contributed by atoms with E-state index in [0.29, 0.717) is 25.0 Å². The number of hydrogen-bond donors (Lipinski definition) is 0. The van der Waals surface area contributed by atoms with E-state index < -0.39 is 0 Å². The van der Waals surface area contributed by atoms with Crippen molar-refractivity contribution in [1.82, 2.24) is 0 Å². The van der Waals surface area contributed by atoms with Gasteiger partial charge in [-0.05, 0) is 37.5 Å². The average molecular weight is 268 g/mol. The number of cyclic esters (lactones) is 1. The molecule has 3 rings (SSSR count). The molecule has 2 saturated carbocycles. The molecule has 4 atom stereocenters. The summed E-state index contributed by atoms with van der Waals surface area (Å²) < 4.78 is 11.4. The number of carbonyl (C=O) groups is 1. The van der Waals surface area contributed by atoms with Gasteiger partial charge in [0.25, 0.3) is 0 Å². The number of ether oxygens (including phenoxy) is 2. The largest absolute Gasteiger partial charge is 0.465 e. The van der Waals surface area contributed by atoms with Gasteiger partial charge in [0.05, 0.1) is 19.1 Å². The van der Waals surface area contributed by atoms with Gasteiger partial charge in [-0.15, -0.1) is 0 Å². The molecule has 3 aliphatic rings. The summed E-state index contributed by atoms with van der Waals surface area (Å²) >= 11 is 0. The minimum atomic E-state index is 0.0123. The van der Waals surface area contributed by atoms with Crippen molar-refractivity contribution in [3.63, 3.8) is 0 Å². The Balaban J connectivity index is 1.57. The standard InChI is InChI=1S/C14H24O3Si/c1-18-4-2-3-16-12-6-10-5-11(12)14(7-10)8-13(15)17-9-14/h10-12H,2-9,18H2,1H3. The summed E-state index contributed by atoms with van der Waals surface area (Å²) in [4.78, 5) is 11.4. The lowest BCUT2D eigenvalue weighted by Gasteiger charge is -2.36. The van der Waals surface area contributed by atoms with Crippen LogP contribution in [0.4, 0.5) is 0 Å². The molecule has 3 fully saturated rings. The highest BCUT2D eigenvalue weighted by Crippen LogP contribution is 2.60. The first-order chi connectivity index (χ1) is 8.73. The average Bonchev–Trinajstić information content (AvgIpc) is 3.00. The minimum absolute atomic E-state index is 0.0123. The first-order valence-electron chi connectivity index (χ1n) is 7.51. The van der Waals surface area contributed by atoms with Crippen molar-refractivity contribution in [3.8, 4) is 0 Å². The van der Waals surface area contributed by atoms with E-state index in [0.717, 1.165) is 12.5 Å². The predicted octanol–water partition coefficient (Wildman–Crippen LogP) is 1.76. The molecule has 0 aromatic rings. The van der Waals surface area contributed by atoms with Crippen LogP contribution in [0.5, 0.6) is 0 Å².